The summed E-state index contributed by atoms with van der Waals surface area (Å²) in [5.41, 5.74) is 4.09. The lowest BCUT2D eigenvalue weighted by molar-refractivity contribution is 0.0778. The van der Waals surface area contributed by atoms with Gasteiger partial charge >= 0.3 is 0 Å². The molecule has 0 radical (unpaired) electrons. The van der Waals surface area contributed by atoms with Gasteiger partial charge in [0, 0.05) is 29.5 Å². The number of carbonyl (C=O) groups excluding carboxylic acids is 1. The maximum absolute atomic E-state index is 12.8. The van der Waals surface area contributed by atoms with Gasteiger partial charge < -0.3 is 4.90 Å². The Kier molecular flexibility index (Phi) is 3.65. The van der Waals surface area contributed by atoms with Crippen molar-refractivity contribution in [2.75, 3.05) is 7.05 Å². The highest BCUT2D eigenvalue weighted by molar-refractivity contribution is 7.17. The van der Waals surface area contributed by atoms with Crippen LogP contribution < -0.4 is 0 Å². The number of nitrogens with zero attached hydrogens (tertiary/aromatic N) is 2. The van der Waals surface area contributed by atoms with Gasteiger partial charge in [-0.2, -0.15) is 5.10 Å². The van der Waals surface area contributed by atoms with Crippen molar-refractivity contribution >= 4 is 27.3 Å². The van der Waals surface area contributed by atoms with E-state index >= 15 is 0 Å². The summed E-state index contributed by atoms with van der Waals surface area (Å²) in [5, 5.41) is 10.7. The zero-order chi connectivity index (χ0) is 15.8. The highest BCUT2D eigenvalue weighted by atomic mass is 32.1. The molecule has 2 aromatic heterocycles. The molecule has 0 saturated heterocycles. The van der Waals surface area contributed by atoms with E-state index in [0.717, 1.165) is 30.5 Å². The molecular weight excluding hydrogens is 306 g/mol. The summed E-state index contributed by atoms with van der Waals surface area (Å²) >= 11 is 1.73. The van der Waals surface area contributed by atoms with Gasteiger partial charge in [-0.3, -0.25) is 9.89 Å². The molecule has 118 valence electrons. The van der Waals surface area contributed by atoms with E-state index in [2.05, 4.69) is 27.7 Å². The molecule has 0 atom stereocenters. The standard InChI is InChI=1S/C18H19N3OS/c1-21(10-12-11-23-16-9-5-3-6-13(12)16)18(22)17-14-7-2-4-8-15(14)19-20-17/h3,5-6,9,11H,2,4,7-8,10H2,1H3,(H,19,20). The number of hydrogen-bond donors (Lipinski definition) is 1. The van der Waals surface area contributed by atoms with Crippen LogP contribution in [0.4, 0.5) is 0 Å². The van der Waals surface area contributed by atoms with Crippen molar-refractivity contribution in [1.29, 1.82) is 0 Å². The van der Waals surface area contributed by atoms with Gasteiger partial charge in [0.15, 0.2) is 5.69 Å². The number of thiophene rings is 1. The van der Waals surface area contributed by atoms with Crippen molar-refractivity contribution in [1.82, 2.24) is 15.1 Å². The van der Waals surface area contributed by atoms with Gasteiger partial charge in [-0.05, 0) is 48.1 Å². The van der Waals surface area contributed by atoms with Crippen LogP contribution in [0.15, 0.2) is 29.6 Å². The van der Waals surface area contributed by atoms with Gasteiger partial charge in [0.25, 0.3) is 5.91 Å². The third kappa shape index (κ3) is 2.55. The van der Waals surface area contributed by atoms with E-state index in [0.29, 0.717) is 12.2 Å². The van der Waals surface area contributed by atoms with E-state index in [1.165, 1.54) is 22.1 Å². The molecule has 1 amide bonds. The molecule has 0 saturated carbocycles. The number of hydrogen-bond acceptors (Lipinski definition) is 3. The van der Waals surface area contributed by atoms with Crippen LogP contribution in [0.25, 0.3) is 10.1 Å². The molecule has 5 heteroatoms. The van der Waals surface area contributed by atoms with Crippen molar-refractivity contribution in [2.45, 2.75) is 32.2 Å². The number of aromatic nitrogens is 2. The van der Waals surface area contributed by atoms with Crippen molar-refractivity contribution in [2.24, 2.45) is 0 Å². The van der Waals surface area contributed by atoms with Crippen LogP contribution in [-0.4, -0.2) is 28.1 Å². The minimum atomic E-state index is 0.0136. The Morgan fingerprint density at radius 2 is 2.13 bits per heavy atom. The van der Waals surface area contributed by atoms with Crippen molar-refractivity contribution in [3.05, 3.63) is 52.2 Å². The summed E-state index contributed by atoms with van der Waals surface area (Å²) < 4.78 is 1.26. The number of H-pyrrole nitrogens is 1. The number of carbonyl (C=O) groups is 1. The fourth-order valence-electron chi connectivity index (χ4n) is 3.32. The zero-order valence-electron chi connectivity index (χ0n) is 13.1. The summed E-state index contributed by atoms with van der Waals surface area (Å²) in [6.45, 7) is 0.616. The van der Waals surface area contributed by atoms with E-state index in [9.17, 15) is 4.79 Å². The Morgan fingerprint density at radius 3 is 3.04 bits per heavy atom. The first-order valence-corrected chi connectivity index (χ1v) is 8.88. The second-order valence-electron chi connectivity index (χ2n) is 6.15. The van der Waals surface area contributed by atoms with Crippen molar-refractivity contribution < 1.29 is 4.79 Å². The lowest BCUT2D eigenvalue weighted by Crippen LogP contribution is -2.27. The Hall–Kier alpha value is -2.14. The molecule has 2 heterocycles. The van der Waals surface area contributed by atoms with E-state index in [1.54, 1.807) is 16.2 Å². The second-order valence-corrected chi connectivity index (χ2v) is 7.07. The van der Waals surface area contributed by atoms with Crippen LogP contribution in [0.1, 0.15) is 40.2 Å². The first-order chi connectivity index (χ1) is 11.2. The SMILES string of the molecule is CN(Cc1csc2ccccc12)C(=O)c1n[nH]c2c1CCCC2. The third-order valence-corrected chi connectivity index (χ3v) is 5.59. The molecule has 1 N–H and O–H groups in total. The van der Waals surface area contributed by atoms with Crippen LogP contribution >= 0.6 is 11.3 Å². The fraction of sp³-hybridized carbons (Fsp3) is 0.333. The van der Waals surface area contributed by atoms with Crippen LogP contribution in [-0.2, 0) is 19.4 Å². The lowest BCUT2D eigenvalue weighted by Gasteiger charge is -2.17. The van der Waals surface area contributed by atoms with Crippen molar-refractivity contribution in [3.8, 4) is 0 Å². The number of amides is 1. The minimum Gasteiger partial charge on any atom is -0.336 e. The van der Waals surface area contributed by atoms with Gasteiger partial charge in [-0.15, -0.1) is 11.3 Å². The van der Waals surface area contributed by atoms with E-state index in [-0.39, 0.29) is 5.91 Å². The quantitative estimate of drug-likeness (QED) is 0.797. The molecule has 4 nitrogen and oxygen atoms in total. The van der Waals surface area contributed by atoms with Gasteiger partial charge in [0.1, 0.15) is 0 Å². The monoisotopic (exact) mass is 325 g/mol. The van der Waals surface area contributed by atoms with E-state index in [1.807, 2.05) is 19.2 Å². The van der Waals surface area contributed by atoms with Gasteiger partial charge in [0.2, 0.25) is 0 Å². The average molecular weight is 325 g/mol. The van der Waals surface area contributed by atoms with Crippen LogP contribution in [0.3, 0.4) is 0 Å². The molecule has 0 aliphatic heterocycles. The van der Waals surface area contributed by atoms with E-state index < -0.39 is 0 Å². The predicted octanol–water partition coefficient (Wildman–Crippen LogP) is 3.78. The van der Waals surface area contributed by atoms with Gasteiger partial charge in [-0.25, -0.2) is 0 Å². The molecule has 23 heavy (non-hydrogen) atoms. The van der Waals surface area contributed by atoms with Crippen molar-refractivity contribution in [3.63, 3.8) is 0 Å². The maximum Gasteiger partial charge on any atom is 0.274 e. The van der Waals surface area contributed by atoms with Crippen LogP contribution in [0.2, 0.25) is 0 Å². The summed E-state index contributed by atoms with van der Waals surface area (Å²) in [5.74, 6) is 0.0136. The molecule has 4 rings (SSSR count). The molecule has 0 unspecified atom stereocenters. The predicted molar refractivity (Wildman–Crippen MR) is 92.9 cm³/mol. The maximum atomic E-state index is 12.8. The Balaban J connectivity index is 1.58. The average Bonchev–Trinajstić information content (AvgIpc) is 3.19. The smallest absolute Gasteiger partial charge is 0.274 e. The normalized spacial score (nSPS) is 14.0. The molecule has 0 spiro atoms. The number of rotatable bonds is 3. The minimum absolute atomic E-state index is 0.0136. The largest absolute Gasteiger partial charge is 0.336 e. The lowest BCUT2D eigenvalue weighted by atomic mass is 9.95. The first kappa shape index (κ1) is 14.5. The molecule has 1 aromatic carbocycles. The Labute approximate surface area is 139 Å². The molecule has 0 bridgehead atoms. The highest BCUT2D eigenvalue weighted by Crippen LogP contribution is 2.27. The zero-order valence-corrected chi connectivity index (χ0v) is 13.9. The number of aromatic amines is 1. The van der Waals surface area contributed by atoms with E-state index in [4.69, 9.17) is 0 Å². The number of fused-ring (bicyclic) bond motifs is 2. The van der Waals surface area contributed by atoms with Crippen LogP contribution in [0.5, 0.6) is 0 Å². The molecular formula is C18H19N3OS. The molecule has 1 aliphatic carbocycles. The molecule has 3 aromatic rings. The summed E-state index contributed by atoms with van der Waals surface area (Å²) in [4.78, 5) is 14.6. The fourth-order valence-corrected chi connectivity index (χ4v) is 4.28. The third-order valence-electron chi connectivity index (χ3n) is 4.57. The van der Waals surface area contributed by atoms with Crippen LogP contribution in [0, 0.1) is 0 Å². The number of aryl methyl sites for hydroxylation is 1. The summed E-state index contributed by atoms with van der Waals surface area (Å²) in [6.07, 6.45) is 4.29. The topological polar surface area (TPSA) is 49.0 Å². The number of nitrogens with one attached hydrogen (secondary N) is 1. The molecule has 0 fully saturated rings. The summed E-state index contributed by atoms with van der Waals surface area (Å²) in [7, 11) is 1.86. The second kappa shape index (κ2) is 5.81. The Morgan fingerprint density at radius 1 is 1.30 bits per heavy atom. The van der Waals surface area contributed by atoms with Gasteiger partial charge in [-0.1, -0.05) is 18.2 Å². The highest BCUT2D eigenvalue weighted by Gasteiger charge is 2.24. The molecule has 1 aliphatic rings. The number of benzene rings is 1. The summed E-state index contributed by atoms with van der Waals surface area (Å²) in [6, 6.07) is 8.34. The van der Waals surface area contributed by atoms with Gasteiger partial charge in [0.05, 0.1) is 0 Å². The first-order valence-electron chi connectivity index (χ1n) is 8.00. The Bertz CT molecular complexity index is 864.